The van der Waals surface area contributed by atoms with Crippen molar-refractivity contribution in [2.24, 2.45) is 0 Å². The zero-order chi connectivity index (χ0) is 16.3. The van der Waals surface area contributed by atoms with Crippen LogP contribution in [0.15, 0.2) is 18.2 Å². The van der Waals surface area contributed by atoms with E-state index in [2.05, 4.69) is 5.32 Å². The Morgan fingerprint density at radius 1 is 1.33 bits per heavy atom. The summed E-state index contributed by atoms with van der Waals surface area (Å²) in [7, 11) is -3.17. The lowest BCUT2D eigenvalue weighted by atomic mass is 10.2. The number of hydrogen-bond acceptors (Lipinski definition) is 3. The summed E-state index contributed by atoms with van der Waals surface area (Å²) in [5, 5.41) is 1.81. The Bertz CT molecular complexity index is 629. The summed E-state index contributed by atoms with van der Waals surface area (Å²) < 4.78 is 59.7. The molecule has 0 spiro atoms. The monoisotopic (exact) mass is 343 g/mol. The van der Waals surface area contributed by atoms with Crippen LogP contribution in [0.2, 0.25) is 5.02 Å². The minimum Gasteiger partial charge on any atom is -0.326 e. The van der Waals surface area contributed by atoms with Crippen molar-refractivity contribution in [1.29, 1.82) is 0 Å². The van der Waals surface area contributed by atoms with Crippen LogP contribution in [0.5, 0.6) is 0 Å². The fraction of sp³-hybridized carbons (Fsp3) is 0.417. The van der Waals surface area contributed by atoms with E-state index in [0.29, 0.717) is 0 Å². The lowest BCUT2D eigenvalue weighted by Gasteiger charge is -2.11. The van der Waals surface area contributed by atoms with E-state index in [1.165, 1.54) is 6.07 Å². The van der Waals surface area contributed by atoms with Gasteiger partial charge in [0.25, 0.3) is 0 Å². The first-order chi connectivity index (χ1) is 9.49. The van der Waals surface area contributed by atoms with Crippen LogP contribution >= 0.6 is 11.6 Å². The first-order valence-electron chi connectivity index (χ1n) is 5.83. The van der Waals surface area contributed by atoms with Crippen molar-refractivity contribution in [1.82, 2.24) is 0 Å². The van der Waals surface area contributed by atoms with Gasteiger partial charge in [-0.1, -0.05) is 11.6 Å². The van der Waals surface area contributed by atoms with E-state index in [0.717, 1.165) is 18.4 Å². The number of halogens is 4. The Morgan fingerprint density at radius 3 is 2.48 bits per heavy atom. The van der Waals surface area contributed by atoms with Crippen LogP contribution in [0, 0.1) is 0 Å². The number of sulfone groups is 1. The first-order valence-corrected chi connectivity index (χ1v) is 8.27. The molecule has 0 aliphatic heterocycles. The maximum atomic E-state index is 12.6. The SMILES string of the molecule is CS(=O)(=O)CCCC(=O)Nc1ccc(Cl)c(C(F)(F)F)c1. The summed E-state index contributed by atoms with van der Waals surface area (Å²) in [6, 6.07) is 3.01. The van der Waals surface area contributed by atoms with Crippen LogP contribution in [0.3, 0.4) is 0 Å². The lowest BCUT2D eigenvalue weighted by Crippen LogP contribution is -2.14. The Kier molecular flexibility index (Phi) is 5.63. The third-order valence-electron chi connectivity index (χ3n) is 2.47. The number of benzene rings is 1. The average molecular weight is 344 g/mol. The number of hydrogen-bond donors (Lipinski definition) is 1. The van der Waals surface area contributed by atoms with Gasteiger partial charge in [0.05, 0.1) is 16.3 Å². The van der Waals surface area contributed by atoms with Crippen molar-refractivity contribution in [3.8, 4) is 0 Å². The predicted molar refractivity (Wildman–Crippen MR) is 74.0 cm³/mol. The molecule has 1 rings (SSSR count). The highest BCUT2D eigenvalue weighted by molar-refractivity contribution is 7.90. The minimum absolute atomic E-state index is 0.0453. The van der Waals surface area contributed by atoms with Crippen LogP contribution in [0.1, 0.15) is 18.4 Å². The number of nitrogens with one attached hydrogen (secondary N) is 1. The zero-order valence-corrected chi connectivity index (χ0v) is 12.6. The summed E-state index contributed by atoms with van der Waals surface area (Å²) in [5.41, 5.74) is -1.09. The Balaban J connectivity index is 2.69. The maximum absolute atomic E-state index is 12.6. The number of amides is 1. The van der Waals surface area contributed by atoms with Gasteiger partial charge < -0.3 is 5.32 Å². The molecule has 1 aromatic rings. The Labute approximate surface area is 125 Å². The van der Waals surface area contributed by atoms with Crippen molar-refractivity contribution in [3.05, 3.63) is 28.8 Å². The van der Waals surface area contributed by atoms with Crippen LogP contribution in [0.25, 0.3) is 0 Å². The fourth-order valence-electron chi connectivity index (χ4n) is 1.54. The van der Waals surface area contributed by atoms with Crippen molar-refractivity contribution in [2.45, 2.75) is 19.0 Å². The van der Waals surface area contributed by atoms with E-state index < -0.39 is 32.5 Å². The summed E-state index contributed by atoms with van der Waals surface area (Å²) >= 11 is 5.45. The van der Waals surface area contributed by atoms with Crippen molar-refractivity contribution < 1.29 is 26.4 Å². The minimum atomic E-state index is -4.62. The van der Waals surface area contributed by atoms with Crippen LogP contribution in [0.4, 0.5) is 18.9 Å². The standard InChI is InChI=1S/C12H13ClF3NO3S/c1-21(19,20)6-2-3-11(18)17-8-4-5-10(13)9(7-8)12(14,15)16/h4-5,7H,2-3,6H2,1H3,(H,17,18). The quantitative estimate of drug-likeness (QED) is 0.893. The molecule has 0 fully saturated rings. The highest BCUT2D eigenvalue weighted by Gasteiger charge is 2.33. The zero-order valence-electron chi connectivity index (χ0n) is 11.0. The van der Waals surface area contributed by atoms with Gasteiger partial charge in [-0.05, 0) is 24.6 Å². The lowest BCUT2D eigenvalue weighted by molar-refractivity contribution is -0.137. The summed E-state index contributed by atoms with van der Waals surface area (Å²) in [5.74, 6) is -0.719. The maximum Gasteiger partial charge on any atom is 0.417 e. The topological polar surface area (TPSA) is 63.2 Å². The highest BCUT2D eigenvalue weighted by atomic mass is 35.5. The molecule has 0 atom stereocenters. The number of alkyl halides is 3. The van der Waals surface area contributed by atoms with E-state index in [1.807, 2.05) is 0 Å². The molecule has 1 N–H and O–H groups in total. The number of carbonyl (C=O) groups is 1. The molecule has 0 aromatic heterocycles. The van der Waals surface area contributed by atoms with Crippen LogP contribution in [-0.4, -0.2) is 26.3 Å². The molecule has 0 radical (unpaired) electrons. The highest BCUT2D eigenvalue weighted by Crippen LogP contribution is 2.36. The van der Waals surface area contributed by atoms with Gasteiger partial charge in [0, 0.05) is 18.4 Å². The van der Waals surface area contributed by atoms with E-state index in [9.17, 15) is 26.4 Å². The van der Waals surface area contributed by atoms with Crippen molar-refractivity contribution in [2.75, 3.05) is 17.3 Å². The van der Waals surface area contributed by atoms with Gasteiger partial charge in [0.15, 0.2) is 0 Å². The molecule has 1 aromatic carbocycles. The van der Waals surface area contributed by atoms with E-state index >= 15 is 0 Å². The Hall–Kier alpha value is -1.28. The number of carbonyl (C=O) groups excluding carboxylic acids is 1. The molecule has 0 aliphatic rings. The van der Waals surface area contributed by atoms with Gasteiger partial charge in [-0.2, -0.15) is 13.2 Å². The molecular weight excluding hydrogens is 331 g/mol. The smallest absolute Gasteiger partial charge is 0.326 e. The largest absolute Gasteiger partial charge is 0.417 e. The van der Waals surface area contributed by atoms with E-state index in [4.69, 9.17) is 11.6 Å². The van der Waals surface area contributed by atoms with Crippen molar-refractivity contribution in [3.63, 3.8) is 0 Å². The molecular formula is C12H13ClF3NO3S. The van der Waals surface area contributed by atoms with Gasteiger partial charge in [0.1, 0.15) is 9.84 Å². The van der Waals surface area contributed by atoms with Gasteiger partial charge in [-0.25, -0.2) is 8.42 Å². The summed E-state index contributed by atoms with van der Waals surface area (Å²) in [6.07, 6.45) is -3.57. The molecule has 21 heavy (non-hydrogen) atoms. The molecule has 4 nitrogen and oxygen atoms in total. The second kappa shape index (κ2) is 6.65. The molecule has 0 heterocycles. The number of anilines is 1. The van der Waals surface area contributed by atoms with E-state index in [-0.39, 0.29) is 24.3 Å². The predicted octanol–water partition coefficient (Wildman–Crippen LogP) is 3.12. The average Bonchev–Trinajstić information content (AvgIpc) is 2.28. The Morgan fingerprint density at radius 2 is 1.95 bits per heavy atom. The van der Waals surface area contributed by atoms with Crippen LogP contribution < -0.4 is 5.32 Å². The molecule has 0 unspecified atom stereocenters. The molecule has 0 bridgehead atoms. The molecule has 1 amide bonds. The first kappa shape index (κ1) is 17.8. The summed E-state index contributed by atoms with van der Waals surface area (Å²) in [6.45, 7) is 0. The molecule has 0 aliphatic carbocycles. The van der Waals surface area contributed by atoms with E-state index in [1.54, 1.807) is 0 Å². The third kappa shape index (κ3) is 6.34. The van der Waals surface area contributed by atoms with Gasteiger partial charge in [0.2, 0.25) is 5.91 Å². The second-order valence-electron chi connectivity index (χ2n) is 4.47. The van der Waals surface area contributed by atoms with Crippen molar-refractivity contribution >= 4 is 33.0 Å². The van der Waals surface area contributed by atoms with Gasteiger partial charge >= 0.3 is 6.18 Å². The molecule has 9 heteroatoms. The molecule has 0 saturated carbocycles. The second-order valence-corrected chi connectivity index (χ2v) is 7.14. The van der Waals surface area contributed by atoms with Gasteiger partial charge in [-0.15, -0.1) is 0 Å². The molecule has 118 valence electrons. The normalized spacial score (nSPS) is 12.2. The van der Waals surface area contributed by atoms with Gasteiger partial charge in [-0.3, -0.25) is 4.79 Å². The summed E-state index contributed by atoms with van der Waals surface area (Å²) in [4.78, 5) is 11.5. The van der Waals surface area contributed by atoms with Crippen LogP contribution in [-0.2, 0) is 20.8 Å². The molecule has 0 saturated heterocycles. The fourth-order valence-corrected chi connectivity index (χ4v) is 2.43. The third-order valence-corrected chi connectivity index (χ3v) is 3.83. The number of rotatable bonds is 5.